The molecule has 0 aromatic rings. The van der Waals surface area contributed by atoms with Crippen molar-refractivity contribution in [3.63, 3.8) is 0 Å². The van der Waals surface area contributed by atoms with Gasteiger partial charge >= 0.3 is 0 Å². The third kappa shape index (κ3) is 5.65. The maximum absolute atomic E-state index is 3.73. The Bertz CT molecular complexity index is 178. The molecule has 0 heterocycles. The zero-order valence-electron chi connectivity index (χ0n) is 8.02. The minimum Gasteiger partial charge on any atom is -0.102 e. The minimum atomic E-state index is 0.477. The third-order valence-corrected chi connectivity index (χ3v) is 1.41. The van der Waals surface area contributed by atoms with E-state index in [1.54, 1.807) is 0 Å². The molecule has 0 aromatic carbocycles. The van der Waals surface area contributed by atoms with Gasteiger partial charge in [-0.25, -0.2) is 0 Å². The molecule has 0 aliphatic rings. The lowest BCUT2D eigenvalue weighted by Gasteiger charge is -1.99. The fourth-order valence-electron chi connectivity index (χ4n) is 0.986. The maximum atomic E-state index is 3.73. The second-order valence-electron chi connectivity index (χ2n) is 3.23. The molecule has 0 bridgehead atoms. The van der Waals surface area contributed by atoms with Gasteiger partial charge in [-0.15, -0.1) is 6.58 Å². The van der Waals surface area contributed by atoms with E-state index in [9.17, 15) is 0 Å². The molecule has 0 rings (SSSR count). The standard InChI is InChI=1S/C11H18/c1-6-10(4)8-11(5)7-9(2)3/h6-8,10H,1H2,2-5H3. The molecule has 11 heavy (non-hydrogen) atoms. The lowest BCUT2D eigenvalue weighted by atomic mass is 10.1. The van der Waals surface area contributed by atoms with E-state index in [1.807, 2.05) is 6.08 Å². The first kappa shape index (κ1) is 10.2. The molecule has 0 aliphatic carbocycles. The monoisotopic (exact) mass is 150 g/mol. The average Bonchev–Trinajstić information content (AvgIpc) is 1.85. The number of hydrogen-bond donors (Lipinski definition) is 0. The Labute approximate surface area is 70.3 Å². The quantitative estimate of drug-likeness (QED) is 0.425. The molecule has 0 N–H and O–H groups in total. The summed E-state index contributed by atoms with van der Waals surface area (Å²) in [7, 11) is 0. The molecule has 62 valence electrons. The van der Waals surface area contributed by atoms with Crippen LogP contribution in [0.3, 0.4) is 0 Å². The van der Waals surface area contributed by atoms with Crippen molar-refractivity contribution in [2.75, 3.05) is 0 Å². The largest absolute Gasteiger partial charge is 0.102 e. The summed E-state index contributed by atoms with van der Waals surface area (Å²) in [5, 5.41) is 0. The fourth-order valence-corrected chi connectivity index (χ4v) is 0.986. The van der Waals surface area contributed by atoms with Crippen LogP contribution < -0.4 is 0 Å². The summed E-state index contributed by atoms with van der Waals surface area (Å²) < 4.78 is 0. The molecular weight excluding hydrogens is 132 g/mol. The van der Waals surface area contributed by atoms with E-state index >= 15 is 0 Å². The summed E-state index contributed by atoms with van der Waals surface area (Å²) >= 11 is 0. The van der Waals surface area contributed by atoms with Gasteiger partial charge in [0.2, 0.25) is 0 Å². The first-order chi connectivity index (χ1) is 5.06. The second-order valence-corrected chi connectivity index (χ2v) is 3.23. The smallest absolute Gasteiger partial charge is 0.00788 e. The Kier molecular flexibility index (Phi) is 4.60. The molecule has 0 spiro atoms. The summed E-state index contributed by atoms with van der Waals surface area (Å²) in [6, 6.07) is 0. The number of rotatable bonds is 3. The van der Waals surface area contributed by atoms with Crippen LogP contribution in [0.2, 0.25) is 0 Å². The molecule has 1 atom stereocenters. The van der Waals surface area contributed by atoms with Gasteiger partial charge in [0, 0.05) is 0 Å². The van der Waals surface area contributed by atoms with E-state index in [1.165, 1.54) is 11.1 Å². The Morgan fingerprint density at radius 2 is 1.82 bits per heavy atom. The zero-order chi connectivity index (χ0) is 8.85. The van der Waals surface area contributed by atoms with Gasteiger partial charge in [-0.05, 0) is 26.7 Å². The van der Waals surface area contributed by atoms with E-state index in [0.717, 1.165) is 0 Å². The normalized spacial score (nSPS) is 14.0. The van der Waals surface area contributed by atoms with Gasteiger partial charge in [0.1, 0.15) is 0 Å². The van der Waals surface area contributed by atoms with Crippen molar-refractivity contribution in [1.29, 1.82) is 0 Å². The maximum Gasteiger partial charge on any atom is -0.00788 e. The minimum absolute atomic E-state index is 0.477. The van der Waals surface area contributed by atoms with Crippen molar-refractivity contribution in [1.82, 2.24) is 0 Å². The molecule has 0 nitrogen and oxygen atoms in total. The zero-order valence-corrected chi connectivity index (χ0v) is 8.02. The van der Waals surface area contributed by atoms with E-state index in [4.69, 9.17) is 0 Å². The molecule has 0 aromatic heterocycles. The van der Waals surface area contributed by atoms with Crippen molar-refractivity contribution in [3.05, 3.63) is 36.0 Å². The molecule has 0 radical (unpaired) electrons. The first-order valence-electron chi connectivity index (χ1n) is 4.02. The van der Waals surface area contributed by atoms with Gasteiger partial charge < -0.3 is 0 Å². The van der Waals surface area contributed by atoms with Crippen molar-refractivity contribution < 1.29 is 0 Å². The first-order valence-corrected chi connectivity index (χ1v) is 4.02. The highest BCUT2D eigenvalue weighted by atomic mass is 14.0. The Morgan fingerprint density at radius 1 is 1.27 bits per heavy atom. The van der Waals surface area contributed by atoms with E-state index < -0.39 is 0 Å². The Morgan fingerprint density at radius 3 is 2.18 bits per heavy atom. The summed E-state index contributed by atoms with van der Waals surface area (Å²) in [5.74, 6) is 0.477. The highest BCUT2D eigenvalue weighted by molar-refractivity contribution is 5.21. The molecule has 0 aliphatic heterocycles. The lowest BCUT2D eigenvalue weighted by molar-refractivity contribution is 0.933. The molecule has 0 heteroatoms. The number of hydrogen-bond acceptors (Lipinski definition) is 0. The van der Waals surface area contributed by atoms with Crippen LogP contribution in [0.25, 0.3) is 0 Å². The van der Waals surface area contributed by atoms with Crippen LogP contribution in [0, 0.1) is 5.92 Å². The highest BCUT2D eigenvalue weighted by Gasteiger charge is 1.89. The molecule has 0 amide bonds. The SMILES string of the molecule is C=CC(C)C=C(C)C=C(C)C. The van der Waals surface area contributed by atoms with Gasteiger partial charge in [-0.1, -0.05) is 36.3 Å². The molecule has 0 saturated heterocycles. The van der Waals surface area contributed by atoms with Crippen molar-refractivity contribution >= 4 is 0 Å². The summed E-state index contributed by atoms with van der Waals surface area (Å²) in [5.41, 5.74) is 2.66. The van der Waals surface area contributed by atoms with Gasteiger partial charge in [0.05, 0.1) is 0 Å². The predicted octanol–water partition coefficient (Wildman–Crippen LogP) is 3.72. The van der Waals surface area contributed by atoms with Crippen molar-refractivity contribution in [2.24, 2.45) is 5.92 Å². The summed E-state index contributed by atoms with van der Waals surface area (Å²) in [4.78, 5) is 0. The van der Waals surface area contributed by atoms with Crippen LogP contribution in [-0.4, -0.2) is 0 Å². The average molecular weight is 150 g/mol. The summed E-state index contributed by atoms with van der Waals surface area (Å²) in [6.45, 7) is 12.2. The van der Waals surface area contributed by atoms with Gasteiger partial charge in [-0.3, -0.25) is 0 Å². The third-order valence-electron chi connectivity index (χ3n) is 1.41. The molecular formula is C11H18. The Hall–Kier alpha value is -0.780. The highest BCUT2D eigenvalue weighted by Crippen LogP contribution is 2.06. The lowest BCUT2D eigenvalue weighted by Crippen LogP contribution is -1.83. The topological polar surface area (TPSA) is 0 Å². The van der Waals surface area contributed by atoms with Crippen LogP contribution in [0.4, 0.5) is 0 Å². The Balaban J connectivity index is 4.22. The van der Waals surface area contributed by atoms with Crippen LogP contribution in [-0.2, 0) is 0 Å². The van der Waals surface area contributed by atoms with E-state index in [2.05, 4.69) is 46.4 Å². The molecule has 0 fully saturated rings. The van der Waals surface area contributed by atoms with Crippen LogP contribution in [0.1, 0.15) is 27.7 Å². The fraction of sp³-hybridized carbons (Fsp3) is 0.455. The van der Waals surface area contributed by atoms with Gasteiger partial charge in [0.15, 0.2) is 0 Å². The van der Waals surface area contributed by atoms with Gasteiger partial charge in [0.25, 0.3) is 0 Å². The van der Waals surface area contributed by atoms with Crippen LogP contribution in [0.5, 0.6) is 0 Å². The number of allylic oxidation sites excluding steroid dienone is 5. The van der Waals surface area contributed by atoms with Crippen LogP contribution >= 0.6 is 0 Å². The summed E-state index contributed by atoms with van der Waals surface area (Å²) in [6.07, 6.45) is 6.34. The van der Waals surface area contributed by atoms with Crippen molar-refractivity contribution in [2.45, 2.75) is 27.7 Å². The van der Waals surface area contributed by atoms with E-state index in [0.29, 0.717) is 5.92 Å². The van der Waals surface area contributed by atoms with E-state index in [-0.39, 0.29) is 0 Å². The second kappa shape index (κ2) is 4.95. The van der Waals surface area contributed by atoms with Crippen LogP contribution in [0.15, 0.2) is 36.0 Å². The van der Waals surface area contributed by atoms with Gasteiger partial charge in [-0.2, -0.15) is 0 Å². The van der Waals surface area contributed by atoms with Crippen molar-refractivity contribution in [3.8, 4) is 0 Å². The molecule has 0 saturated carbocycles. The molecule has 1 unspecified atom stereocenters. The predicted molar refractivity (Wildman–Crippen MR) is 52.5 cm³/mol.